The van der Waals surface area contributed by atoms with E-state index >= 15 is 8.78 Å². The summed E-state index contributed by atoms with van der Waals surface area (Å²) in [5.41, 5.74) is -7.48. The Balaban J connectivity index is 1.43. The van der Waals surface area contributed by atoms with Crippen LogP contribution in [0.4, 0.5) is 59.7 Å². The molecule has 21 heteroatoms. The Bertz CT molecular complexity index is 2270. The minimum Gasteiger partial charge on any atom is -0.508 e. The molecule has 0 radical (unpaired) electrons. The number of rotatable bonds is 4. The molecule has 7 rings (SSSR count). The Labute approximate surface area is 316 Å². The number of nitrogens with zero attached hydrogens (tertiary/aromatic N) is 2. The maximum Gasteiger partial charge on any atom is 0.416 e. The van der Waals surface area contributed by atoms with E-state index in [0.717, 1.165) is 19.2 Å². The van der Waals surface area contributed by atoms with E-state index in [1.54, 1.807) is 0 Å². The average molecular weight is 843 g/mol. The van der Waals surface area contributed by atoms with E-state index in [4.69, 9.17) is 27.9 Å². The molecule has 6 atom stereocenters. The summed E-state index contributed by atoms with van der Waals surface area (Å²) in [5, 5.41) is 11.1. The largest absolute Gasteiger partial charge is 0.508 e. The highest BCUT2D eigenvalue weighted by Gasteiger charge is 2.77. The Morgan fingerprint density at radius 1 is 0.750 bits per heavy atom. The number of aromatic hydroxyl groups is 1. The number of hydrogen-bond donors (Lipinski definition) is 1. The molecule has 2 heterocycles. The molecule has 1 N–H and O–H groups in total. The third-order valence-electron chi connectivity index (χ3n) is 10.6. The van der Waals surface area contributed by atoms with Crippen molar-refractivity contribution in [2.45, 2.75) is 40.9 Å². The molecular weight excluding hydrogens is 824 g/mol. The van der Waals surface area contributed by atoms with E-state index in [-0.39, 0.29) is 34.4 Å². The van der Waals surface area contributed by atoms with E-state index in [1.165, 1.54) is 12.1 Å². The summed E-state index contributed by atoms with van der Waals surface area (Å²) in [6.07, 6.45) is -11.1. The maximum absolute atomic E-state index is 15.2. The van der Waals surface area contributed by atoms with Gasteiger partial charge < -0.3 is 9.84 Å². The Hall–Kier alpha value is -4.91. The molecule has 3 fully saturated rings. The molecule has 296 valence electrons. The minimum absolute atomic E-state index is 0.0497. The Morgan fingerprint density at radius 3 is 1.84 bits per heavy atom. The minimum atomic E-state index is -5.39. The van der Waals surface area contributed by atoms with Gasteiger partial charge in [-0.05, 0) is 55.2 Å². The van der Waals surface area contributed by atoms with Gasteiger partial charge in [-0.2, -0.15) is 26.3 Å². The number of ether oxygens (including phenoxy) is 1. The lowest BCUT2D eigenvalue weighted by Gasteiger charge is -2.50. The van der Waals surface area contributed by atoms with Crippen LogP contribution in [0.15, 0.2) is 48.0 Å². The number of benzene rings is 3. The van der Waals surface area contributed by atoms with Gasteiger partial charge >= 0.3 is 12.4 Å². The SMILES string of the molecule is COc1ccc(O)c(C2C3=CCC4C(=O)N(c5cc(C(F)(F)F)cc(C(F)(F)F)c5)C(=O)C4C3CC3(Cl)C(=O)N(c4c(F)c(F)c(F)c(F)c4F)C(=O)C23Cl)c1. The van der Waals surface area contributed by atoms with E-state index in [1.807, 2.05) is 0 Å². The number of imide groups is 2. The molecule has 56 heavy (non-hydrogen) atoms. The lowest BCUT2D eigenvalue weighted by atomic mass is 9.56. The van der Waals surface area contributed by atoms with Crippen molar-refractivity contribution in [3.63, 3.8) is 0 Å². The molecule has 2 saturated heterocycles. The second-order valence-electron chi connectivity index (χ2n) is 13.4. The zero-order valence-corrected chi connectivity index (χ0v) is 29.1. The first-order valence-corrected chi connectivity index (χ1v) is 16.7. The van der Waals surface area contributed by atoms with Crippen LogP contribution in [-0.2, 0) is 31.5 Å². The normalized spacial score (nSPS) is 27.7. The number of anilines is 2. The van der Waals surface area contributed by atoms with Gasteiger partial charge in [0.2, 0.25) is 17.6 Å². The number of fused-ring (bicyclic) bond motifs is 4. The predicted octanol–water partition coefficient (Wildman–Crippen LogP) is 7.90. The van der Waals surface area contributed by atoms with Gasteiger partial charge in [-0.3, -0.25) is 19.2 Å². The predicted molar refractivity (Wildman–Crippen MR) is 170 cm³/mol. The summed E-state index contributed by atoms with van der Waals surface area (Å²) in [4.78, 5) is 50.2. The number of amides is 4. The molecule has 1 saturated carbocycles. The van der Waals surface area contributed by atoms with Crippen molar-refractivity contribution in [3.05, 3.63) is 93.8 Å². The van der Waals surface area contributed by atoms with Crippen molar-refractivity contribution in [2.75, 3.05) is 16.9 Å². The van der Waals surface area contributed by atoms with Crippen LogP contribution in [0, 0.1) is 46.8 Å². The second kappa shape index (κ2) is 12.5. The summed E-state index contributed by atoms with van der Waals surface area (Å²) in [6.45, 7) is 0. The van der Waals surface area contributed by atoms with Crippen molar-refractivity contribution >= 4 is 58.2 Å². The van der Waals surface area contributed by atoms with Gasteiger partial charge in [0.25, 0.3) is 11.8 Å². The molecule has 3 aromatic rings. The fourth-order valence-electron chi connectivity index (χ4n) is 8.13. The van der Waals surface area contributed by atoms with Gasteiger partial charge in [0.05, 0.1) is 35.8 Å². The molecule has 4 aliphatic rings. The quantitative estimate of drug-likeness (QED) is 0.0716. The zero-order chi connectivity index (χ0) is 41.4. The first kappa shape index (κ1) is 39.3. The highest BCUT2D eigenvalue weighted by molar-refractivity contribution is 6.58. The Morgan fingerprint density at radius 2 is 1.30 bits per heavy atom. The summed E-state index contributed by atoms with van der Waals surface area (Å²) in [7, 11) is 1.16. The van der Waals surface area contributed by atoms with Crippen molar-refractivity contribution in [2.24, 2.45) is 17.8 Å². The standard InChI is InChI=1S/C35H19Cl2F11N2O6/c1-56-14-2-5-19(51)17(9-14)21-15-3-4-16-20(29(53)49(28(16)52)13-7-11(34(43,44)45)6-12(8-13)35(46,47)48)18(15)10-32(36)30(54)50(31(55)33(21,32)37)27-25(41)23(39)22(38)24(40)26(27)42/h2-3,5-9,16,18,20-21,51H,4,10H2,1H3. The molecule has 2 aliphatic carbocycles. The maximum atomic E-state index is 15.2. The third-order valence-corrected chi connectivity index (χ3v) is 12.0. The summed E-state index contributed by atoms with van der Waals surface area (Å²) in [5.74, 6) is -27.1. The number of hydrogen-bond acceptors (Lipinski definition) is 6. The highest BCUT2D eigenvalue weighted by atomic mass is 35.5. The smallest absolute Gasteiger partial charge is 0.416 e. The summed E-state index contributed by atoms with van der Waals surface area (Å²) >= 11 is 14.0. The zero-order valence-electron chi connectivity index (χ0n) is 27.6. The van der Waals surface area contributed by atoms with Crippen LogP contribution in [0.2, 0.25) is 0 Å². The molecule has 6 unspecified atom stereocenters. The van der Waals surface area contributed by atoms with Gasteiger partial charge in [0, 0.05) is 11.5 Å². The van der Waals surface area contributed by atoms with E-state index in [2.05, 4.69) is 0 Å². The first-order valence-electron chi connectivity index (χ1n) is 15.9. The third kappa shape index (κ3) is 5.25. The second-order valence-corrected chi connectivity index (χ2v) is 14.6. The number of allylic oxidation sites excluding steroid dienone is 2. The van der Waals surface area contributed by atoms with Gasteiger partial charge in [-0.1, -0.05) is 11.6 Å². The van der Waals surface area contributed by atoms with E-state index < -0.39 is 150 Å². The lowest BCUT2D eigenvalue weighted by Crippen LogP contribution is -2.60. The molecule has 4 amide bonds. The van der Waals surface area contributed by atoms with Gasteiger partial charge in [0.15, 0.2) is 33.0 Å². The summed E-state index contributed by atoms with van der Waals surface area (Å²) < 4.78 is 161. The van der Waals surface area contributed by atoms with Crippen LogP contribution in [0.3, 0.4) is 0 Å². The van der Waals surface area contributed by atoms with Gasteiger partial charge in [-0.15, -0.1) is 23.2 Å². The molecule has 2 aliphatic heterocycles. The lowest BCUT2D eigenvalue weighted by molar-refractivity contribution is -0.143. The number of carbonyl (C=O) groups is 4. The van der Waals surface area contributed by atoms with Crippen LogP contribution in [0.5, 0.6) is 11.5 Å². The number of phenols is 1. The number of halogens is 13. The van der Waals surface area contributed by atoms with Crippen molar-refractivity contribution in [1.82, 2.24) is 0 Å². The fourth-order valence-corrected chi connectivity index (χ4v) is 9.05. The van der Waals surface area contributed by atoms with Crippen molar-refractivity contribution in [3.8, 4) is 11.5 Å². The van der Waals surface area contributed by atoms with Crippen LogP contribution in [0.25, 0.3) is 0 Å². The number of phenolic OH excluding ortho intramolecular Hbond substituents is 1. The Kier molecular flexibility index (Phi) is 8.81. The summed E-state index contributed by atoms with van der Waals surface area (Å²) in [6, 6.07) is 3.35. The molecule has 3 aromatic carbocycles. The number of carbonyl (C=O) groups excluding carboxylic acids is 4. The van der Waals surface area contributed by atoms with Crippen LogP contribution in [0.1, 0.15) is 35.4 Å². The van der Waals surface area contributed by atoms with Gasteiger partial charge in [0.1, 0.15) is 17.2 Å². The van der Waals surface area contributed by atoms with Crippen molar-refractivity contribution in [1.29, 1.82) is 0 Å². The molecule has 0 aromatic heterocycles. The van der Waals surface area contributed by atoms with Crippen LogP contribution in [-0.4, -0.2) is 45.6 Å². The van der Waals surface area contributed by atoms with Crippen LogP contribution >= 0.6 is 23.2 Å². The van der Waals surface area contributed by atoms with Crippen LogP contribution < -0.4 is 14.5 Å². The molecular formula is C35H19Cl2F11N2O6. The average Bonchev–Trinajstić information content (AvgIpc) is 3.47. The van der Waals surface area contributed by atoms with E-state index in [0.29, 0.717) is 0 Å². The fraction of sp³-hybridized carbons (Fsp3) is 0.314. The van der Waals surface area contributed by atoms with Gasteiger partial charge in [-0.25, -0.2) is 31.8 Å². The monoisotopic (exact) mass is 842 g/mol. The molecule has 0 bridgehead atoms. The van der Waals surface area contributed by atoms with Crippen molar-refractivity contribution < 1.29 is 77.3 Å². The first-order chi connectivity index (χ1) is 25.9. The molecule has 0 spiro atoms. The topological polar surface area (TPSA) is 104 Å². The van der Waals surface area contributed by atoms with E-state index in [9.17, 15) is 63.8 Å². The molecule has 8 nitrogen and oxygen atoms in total. The number of methoxy groups -OCH3 is 1. The number of alkyl halides is 8. The highest BCUT2D eigenvalue weighted by Crippen LogP contribution is 2.67.